The molecule has 1 N–H and O–H groups in total. The summed E-state index contributed by atoms with van der Waals surface area (Å²) in [6.45, 7) is 2.03. The van der Waals surface area contributed by atoms with Crippen LogP contribution >= 0.6 is 0 Å². The molecule has 3 aromatic rings. The summed E-state index contributed by atoms with van der Waals surface area (Å²) >= 11 is 0. The summed E-state index contributed by atoms with van der Waals surface area (Å²) in [5.41, 5.74) is 1.19. The lowest BCUT2D eigenvalue weighted by Crippen LogP contribution is -2.26. The molecule has 0 spiro atoms. The van der Waals surface area contributed by atoms with Crippen molar-refractivity contribution >= 4 is 5.91 Å². The van der Waals surface area contributed by atoms with E-state index in [0.29, 0.717) is 11.5 Å². The predicted molar refractivity (Wildman–Crippen MR) is 90.3 cm³/mol. The van der Waals surface area contributed by atoms with Crippen LogP contribution < -0.4 is 14.8 Å². The SMILES string of the molecule is CC(NC(=O)c1cc(-c2ccccc2F)on1)c1ccc2c(c1)OCO2. The molecule has 0 radical (unpaired) electrons. The lowest BCUT2D eigenvalue weighted by Gasteiger charge is -2.13. The van der Waals surface area contributed by atoms with Gasteiger partial charge in [-0.3, -0.25) is 4.79 Å². The Kier molecular flexibility index (Phi) is 4.04. The molecule has 26 heavy (non-hydrogen) atoms. The highest BCUT2D eigenvalue weighted by molar-refractivity contribution is 5.93. The van der Waals surface area contributed by atoms with Crippen molar-refractivity contribution in [3.8, 4) is 22.8 Å². The lowest BCUT2D eigenvalue weighted by molar-refractivity contribution is 0.0930. The highest BCUT2D eigenvalue weighted by Crippen LogP contribution is 2.34. The molecule has 0 aliphatic carbocycles. The van der Waals surface area contributed by atoms with Crippen LogP contribution in [-0.4, -0.2) is 17.9 Å². The average Bonchev–Trinajstić information content (AvgIpc) is 3.31. The van der Waals surface area contributed by atoms with E-state index in [1.165, 1.54) is 12.1 Å². The van der Waals surface area contributed by atoms with E-state index in [1.54, 1.807) is 24.3 Å². The average molecular weight is 354 g/mol. The number of carbonyl (C=O) groups is 1. The summed E-state index contributed by atoms with van der Waals surface area (Å²) in [7, 11) is 0. The molecule has 6 nitrogen and oxygen atoms in total. The molecule has 0 saturated heterocycles. The first kappa shape index (κ1) is 16.1. The predicted octanol–water partition coefficient (Wildman–Crippen LogP) is 3.70. The topological polar surface area (TPSA) is 73.6 Å². The number of aromatic nitrogens is 1. The molecule has 1 aromatic heterocycles. The molecule has 0 saturated carbocycles. The standard InChI is InChI=1S/C19H15FN2O4/c1-11(12-6-7-16-18(8-12)25-10-24-16)21-19(23)15-9-17(26-22-15)13-4-2-3-5-14(13)20/h2-9,11H,10H2,1H3,(H,21,23). The number of amides is 1. The Morgan fingerprint density at radius 3 is 2.81 bits per heavy atom. The smallest absolute Gasteiger partial charge is 0.273 e. The number of rotatable bonds is 4. The fraction of sp³-hybridized carbons (Fsp3) is 0.158. The number of carbonyl (C=O) groups excluding carboxylic acids is 1. The van der Waals surface area contributed by atoms with Gasteiger partial charge in [0, 0.05) is 6.07 Å². The first-order chi connectivity index (χ1) is 12.6. The van der Waals surface area contributed by atoms with E-state index >= 15 is 0 Å². The van der Waals surface area contributed by atoms with E-state index in [0.717, 1.165) is 5.56 Å². The summed E-state index contributed by atoms with van der Waals surface area (Å²) in [4.78, 5) is 12.4. The van der Waals surface area contributed by atoms with Crippen molar-refractivity contribution in [2.75, 3.05) is 6.79 Å². The van der Waals surface area contributed by atoms with Crippen LogP contribution in [0.1, 0.15) is 29.0 Å². The van der Waals surface area contributed by atoms with Gasteiger partial charge in [0.05, 0.1) is 11.6 Å². The van der Waals surface area contributed by atoms with Crippen LogP contribution in [0.3, 0.4) is 0 Å². The molecule has 1 aliphatic rings. The van der Waals surface area contributed by atoms with Crippen LogP contribution in [-0.2, 0) is 0 Å². The van der Waals surface area contributed by atoms with Crippen molar-refractivity contribution in [1.29, 1.82) is 0 Å². The van der Waals surface area contributed by atoms with Crippen LogP contribution in [0.2, 0.25) is 0 Å². The van der Waals surface area contributed by atoms with Gasteiger partial charge in [0.25, 0.3) is 5.91 Å². The summed E-state index contributed by atoms with van der Waals surface area (Å²) in [5, 5.41) is 6.57. The Balaban J connectivity index is 1.49. The minimum atomic E-state index is -0.440. The van der Waals surface area contributed by atoms with Gasteiger partial charge in [0.2, 0.25) is 6.79 Å². The highest BCUT2D eigenvalue weighted by atomic mass is 19.1. The largest absolute Gasteiger partial charge is 0.454 e. The summed E-state index contributed by atoms with van der Waals surface area (Å²) < 4.78 is 29.5. The Hall–Kier alpha value is -3.35. The number of nitrogens with one attached hydrogen (secondary N) is 1. The molecule has 1 unspecified atom stereocenters. The molecule has 132 valence electrons. The van der Waals surface area contributed by atoms with Gasteiger partial charge in [-0.15, -0.1) is 0 Å². The molecule has 7 heteroatoms. The first-order valence-corrected chi connectivity index (χ1v) is 8.04. The van der Waals surface area contributed by atoms with E-state index in [4.69, 9.17) is 14.0 Å². The zero-order chi connectivity index (χ0) is 18.1. The van der Waals surface area contributed by atoms with E-state index in [9.17, 15) is 9.18 Å². The van der Waals surface area contributed by atoms with E-state index < -0.39 is 11.7 Å². The number of ether oxygens (including phenoxy) is 2. The Morgan fingerprint density at radius 2 is 1.96 bits per heavy atom. The van der Waals surface area contributed by atoms with Crippen LogP contribution in [0.15, 0.2) is 53.1 Å². The van der Waals surface area contributed by atoms with Gasteiger partial charge in [0.1, 0.15) is 5.82 Å². The monoisotopic (exact) mass is 354 g/mol. The molecule has 4 rings (SSSR count). The minimum Gasteiger partial charge on any atom is -0.454 e. The zero-order valence-electron chi connectivity index (χ0n) is 13.9. The lowest BCUT2D eigenvalue weighted by atomic mass is 10.1. The van der Waals surface area contributed by atoms with Crippen LogP contribution in [0, 0.1) is 5.82 Å². The van der Waals surface area contributed by atoms with Gasteiger partial charge in [-0.05, 0) is 36.8 Å². The Bertz CT molecular complexity index is 970. The third kappa shape index (κ3) is 2.99. The molecule has 0 fully saturated rings. The molecule has 0 bridgehead atoms. The molecule has 1 amide bonds. The van der Waals surface area contributed by atoms with Gasteiger partial charge >= 0.3 is 0 Å². The molecule has 1 atom stereocenters. The zero-order valence-corrected chi connectivity index (χ0v) is 13.9. The highest BCUT2D eigenvalue weighted by Gasteiger charge is 2.20. The fourth-order valence-corrected chi connectivity index (χ4v) is 2.71. The van der Waals surface area contributed by atoms with Gasteiger partial charge < -0.3 is 19.3 Å². The van der Waals surface area contributed by atoms with Crippen molar-refractivity contribution in [2.24, 2.45) is 0 Å². The normalized spacial score (nSPS) is 13.5. The maximum atomic E-state index is 13.8. The van der Waals surface area contributed by atoms with Crippen molar-refractivity contribution < 1.29 is 23.2 Å². The number of hydrogen-bond donors (Lipinski definition) is 1. The number of halogens is 1. The number of hydrogen-bond acceptors (Lipinski definition) is 5. The van der Waals surface area contributed by atoms with Gasteiger partial charge in [-0.2, -0.15) is 0 Å². The van der Waals surface area contributed by atoms with Gasteiger partial charge in [-0.1, -0.05) is 23.4 Å². The van der Waals surface area contributed by atoms with E-state index in [2.05, 4.69) is 10.5 Å². The van der Waals surface area contributed by atoms with Crippen LogP contribution in [0.4, 0.5) is 4.39 Å². The Labute approximate surface area is 148 Å². The third-order valence-electron chi connectivity index (χ3n) is 4.13. The number of benzene rings is 2. The molecule has 2 aromatic carbocycles. The van der Waals surface area contributed by atoms with Gasteiger partial charge in [-0.25, -0.2) is 4.39 Å². The van der Waals surface area contributed by atoms with Crippen molar-refractivity contribution in [1.82, 2.24) is 10.5 Å². The Morgan fingerprint density at radius 1 is 1.15 bits per heavy atom. The molecular weight excluding hydrogens is 339 g/mol. The molecule has 1 aliphatic heterocycles. The first-order valence-electron chi connectivity index (χ1n) is 8.04. The van der Waals surface area contributed by atoms with Crippen molar-refractivity contribution in [3.63, 3.8) is 0 Å². The number of fused-ring (bicyclic) bond motifs is 1. The van der Waals surface area contributed by atoms with Crippen LogP contribution in [0.5, 0.6) is 11.5 Å². The maximum Gasteiger partial charge on any atom is 0.273 e. The van der Waals surface area contributed by atoms with Crippen LogP contribution in [0.25, 0.3) is 11.3 Å². The number of nitrogens with zero attached hydrogens (tertiary/aromatic N) is 1. The molecule has 2 heterocycles. The molecular formula is C19H15FN2O4. The summed E-state index contributed by atoms with van der Waals surface area (Å²) in [6, 6.07) is 12.7. The fourth-order valence-electron chi connectivity index (χ4n) is 2.71. The minimum absolute atomic E-state index is 0.0795. The van der Waals surface area contributed by atoms with Crippen molar-refractivity contribution in [3.05, 3.63) is 65.6 Å². The van der Waals surface area contributed by atoms with E-state index in [1.807, 2.05) is 19.1 Å². The second kappa shape index (κ2) is 6.51. The quantitative estimate of drug-likeness (QED) is 0.773. The maximum absolute atomic E-state index is 13.8. The second-order valence-electron chi connectivity index (χ2n) is 5.86. The summed E-state index contributed by atoms with van der Waals surface area (Å²) in [5.74, 6) is 0.667. The summed E-state index contributed by atoms with van der Waals surface area (Å²) in [6.07, 6.45) is 0. The third-order valence-corrected chi connectivity index (χ3v) is 4.13. The van der Waals surface area contributed by atoms with E-state index in [-0.39, 0.29) is 29.9 Å². The van der Waals surface area contributed by atoms with Gasteiger partial charge in [0.15, 0.2) is 23.0 Å². The second-order valence-corrected chi connectivity index (χ2v) is 5.86. The van der Waals surface area contributed by atoms with Crippen molar-refractivity contribution in [2.45, 2.75) is 13.0 Å².